The van der Waals surface area contributed by atoms with Crippen molar-refractivity contribution in [2.45, 2.75) is 172 Å². The van der Waals surface area contributed by atoms with E-state index in [-0.39, 0.29) is 130 Å². The molecule has 6 aromatic rings. The van der Waals surface area contributed by atoms with Gasteiger partial charge in [0.05, 0.1) is 77.8 Å². The highest BCUT2D eigenvalue weighted by Crippen LogP contribution is 2.38. The first-order chi connectivity index (χ1) is 46.2. The molecule has 3 saturated carbocycles. The van der Waals surface area contributed by atoms with E-state index in [0.29, 0.717) is 111 Å². The van der Waals surface area contributed by atoms with Crippen molar-refractivity contribution >= 4 is 59.1 Å². The number of halogens is 9. The number of carbonyl (C=O) groups is 3. The number of aromatic nitrogens is 12. The molecule has 0 spiro atoms. The van der Waals surface area contributed by atoms with E-state index in [1.807, 2.05) is 13.8 Å². The van der Waals surface area contributed by atoms with E-state index in [9.17, 15) is 55.3 Å². The van der Waals surface area contributed by atoms with Crippen molar-refractivity contribution in [3.8, 4) is 35.5 Å². The Hall–Kier alpha value is -8.35. The fourth-order valence-corrected chi connectivity index (χ4v) is 10.8. The van der Waals surface area contributed by atoms with E-state index < -0.39 is 42.1 Å². The number of aliphatic hydroxyl groups excluding tert-OH is 2. The van der Waals surface area contributed by atoms with Crippen molar-refractivity contribution in [1.29, 1.82) is 0 Å². The topological polar surface area (TPSA) is 332 Å². The van der Waals surface area contributed by atoms with Crippen LogP contribution in [0.4, 0.5) is 62.6 Å². The quantitative estimate of drug-likeness (QED) is 0.0266. The summed E-state index contributed by atoms with van der Waals surface area (Å²) in [5.74, 6) is -4.88. The molecule has 9 heterocycles. The normalized spacial score (nSPS) is 18.4. The number of nitrogens with one attached hydrogen (secondary N) is 4. The predicted octanol–water partition coefficient (Wildman–Crippen LogP) is 8.76. The van der Waals surface area contributed by atoms with Gasteiger partial charge in [0.25, 0.3) is 17.8 Å². The average Bonchev–Trinajstić information content (AvgIpc) is 1.81. The Bertz CT molecular complexity index is 3470. The van der Waals surface area contributed by atoms with E-state index in [2.05, 4.69) is 92.3 Å². The summed E-state index contributed by atoms with van der Waals surface area (Å²) in [5, 5.41) is 44.4. The number of nitrogens with zero attached hydrogens (tertiary/aromatic N) is 14. The van der Waals surface area contributed by atoms with Crippen LogP contribution in [0.1, 0.15) is 111 Å². The van der Waals surface area contributed by atoms with Crippen LogP contribution in [0.15, 0.2) is 36.8 Å². The van der Waals surface area contributed by atoms with Crippen molar-refractivity contribution in [3.63, 3.8) is 0 Å². The van der Waals surface area contributed by atoms with Crippen LogP contribution >= 0.6 is 24.0 Å². The summed E-state index contributed by atoms with van der Waals surface area (Å²) in [6.45, 7) is 7.18. The molecule has 98 heavy (non-hydrogen) atoms. The van der Waals surface area contributed by atoms with Crippen LogP contribution in [-0.4, -0.2) is 212 Å². The first-order valence-corrected chi connectivity index (χ1v) is 31.7. The monoisotopic (exact) mass is 1430 g/mol. The molecule has 0 atom stereocenters. The van der Waals surface area contributed by atoms with Gasteiger partial charge in [0, 0.05) is 118 Å². The van der Waals surface area contributed by atoms with E-state index in [1.165, 1.54) is 45.2 Å². The number of methoxy groups -OCH3 is 3. The molecule has 12 rings (SSSR count). The summed E-state index contributed by atoms with van der Waals surface area (Å²) in [6, 6.07) is 4.51. The average molecular weight is 1430 g/mol. The lowest BCUT2D eigenvalue weighted by Crippen LogP contribution is -2.56. The Morgan fingerprint density at radius 2 is 0.816 bits per heavy atom. The van der Waals surface area contributed by atoms with E-state index in [4.69, 9.17) is 14.2 Å². The summed E-state index contributed by atoms with van der Waals surface area (Å²) in [7, 11) is 3.85. The van der Waals surface area contributed by atoms with Gasteiger partial charge in [-0.1, -0.05) is 0 Å². The van der Waals surface area contributed by atoms with E-state index >= 15 is 0 Å². The third kappa shape index (κ3) is 20.9. The molecule has 6 fully saturated rings. The van der Waals surface area contributed by atoms with Crippen LogP contribution in [-0.2, 0) is 34.1 Å². The van der Waals surface area contributed by atoms with Gasteiger partial charge in [-0.2, -0.15) is 45.2 Å². The minimum absolute atomic E-state index is 0. The van der Waals surface area contributed by atoms with Crippen molar-refractivity contribution in [2.24, 2.45) is 0 Å². The summed E-state index contributed by atoms with van der Waals surface area (Å²) in [4.78, 5) is 62.0. The number of alkyl halides is 7. The van der Waals surface area contributed by atoms with Crippen LogP contribution in [0.2, 0.25) is 0 Å². The molecule has 6 aromatic heterocycles. The highest BCUT2D eigenvalue weighted by molar-refractivity contribution is 6.61. The van der Waals surface area contributed by atoms with Crippen molar-refractivity contribution < 1.29 is 83.8 Å². The fraction of sp³-hybridized carbons (Fsp3) is 0.600. The summed E-state index contributed by atoms with van der Waals surface area (Å²) >= 11 is 4.60. The van der Waals surface area contributed by atoms with Crippen molar-refractivity contribution in [3.05, 3.63) is 70.6 Å². The molecule has 0 bridgehead atoms. The molecule has 3 saturated heterocycles. The van der Waals surface area contributed by atoms with Gasteiger partial charge >= 0.3 is 17.6 Å². The number of amides is 2. The third-order valence-electron chi connectivity index (χ3n) is 16.6. The number of likely N-dealkylation sites (tertiary alicyclic amines) is 2. The minimum atomic E-state index is -2.63. The minimum Gasteiger partial charge on any atom is -0.471 e. The molecule has 538 valence electrons. The van der Waals surface area contributed by atoms with Crippen LogP contribution in [0, 0.1) is 20.8 Å². The van der Waals surface area contributed by atoms with E-state index in [0.717, 1.165) is 24.2 Å². The first-order valence-electron chi connectivity index (χ1n) is 31.4. The zero-order chi connectivity index (χ0) is 69.8. The Kier molecular flexibility index (Phi) is 25.8. The van der Waals surface area contributed by atoms with Crippen molar-refractivity contribution in [1.82, 2.24) is 74.4 Å². The summed E-state index contributed by atoms with van der Waals surface area (Å²) in [6.07, 6.45) is 4.76. The Morgan fingerprint density at radius 3 is 1.06 bits per heavy atom. The molecule has 0 aromatic carbocycles. The smallest absolute Gasteiger partial charge is 0.409 e. The molecule has 6 aliphatic rings. The Labute approximate surface area is 569 Å². The molecular weight excluding hydrogens is 1350 g/mol. The SMILES string of the molecule is COC(=O)Cl.COC(=O)N1CC(Oc2cc(NC3CCC(F)(F)CC3)nc(-n3cc(C)c(CF)n3)n2)C1.COC(=O)N1CC(Oc2cc(NC3CCC(F)(F)CC3)nc(-n3cc(C)c(CO)n3)n2)C1.Cc1cn(-c2nc(NC3CCC(F)(F)CC3)cc(OC3CNC3)n2)nc1CO.Cl. The number of anilines is 3. The molecule has 29 nitrogen and oxygen atoms in total. The lowest BCUT2D eigenvalue weighted by Gasteiger charge is -2.37. The van der Waals surface area contributed by atoms with E-state index in [1.54, 1.807) is 43.7 Å². The maximum atomic E-state index is 13.5. The second-order valence-electron chi connectivity index (χ2n) is 24.1. The van der Waals surface area contributed by atoms with Crippen LogP contribution in [0.3, 0.4) is 0 Å². The number of rotatable bonds is 18. The number of hydrogen-bond acceptors (Lipinski definition) is 24. The van der Waals surface area contributed by atoms with Gasteiger partial charge in [-0.3, -0.25) is 0 Å². The van der Waals surface area contributed by atoms with Gasteiger partial charge < -0.3 is 69.7 Å². The molecule has 38 heteroatoms. The molecule has 2 amide bonds. The first kappa shape index (κ1) is 75.4. The summed E-state index contributed by atoms with van der Waals surface area (Å²) in [5.41, 5.74) is 2.79. The van der Waals surface area contributed by atoms with Gasteiger partial charge in [-0.25, -0.2) is 59.2 Å². The van der Waals surface area contributed by atoms with Crippen molar-refractivity contribution in [2.75, 3.05) is 76.5 Å². The van der Waals surface area contributed by atoms with Crippen LogP contribution in [0.25, 0.3) is 17.8 Å². The van der Waals surface area contributed by atoms with Gasteiger partial charge in [-0.05, 0) is 76.0 Å². The van der Waals surface area contributed by atoms with Crippen LogP contribution < -0.4 is 35.5 Å². The second-order valence-corrected chi connectivity index (χ2v) is 24.4. The van der Waals surface area contributed by atoms with Gasteiger partial charge in [-0.15, -0.1) is 12.4 Å². The molecule has 3 aliphatic carbocycles. The summed E-state index contributed by atoms with van der Waals surface area (Å²) < 4.78 is 129. The standard InChI is InChI=1S/C20H25F3N6O3.C20H26F2N6O4.C18H24F2N6O2.C2H3ClO2.ClH/c1-12-9-29(27-15(12)8-21)18-25-16(24-13-3-5-20(22,23)6-4-13)7-17(26-18)32-14-10-28(11-14)19(30)31-2;1-12-8-28(26-15(12)11-29)18-24-16(23-13-3-5-20(21,22)6-4-13)7-17(25-18)32-14-9-27(10-14)19(30)31-2;1-11-9-26(25-14(11)10-27)17-23-15(6-16(24-17)28-13-7-21-8-13)22-12-2-4-18(19,20)5-3-12;1-5-2(3)4;/h7,9,13-14H,3-6,8,10-11H2,1-2H3,(H,24,25,26);7-8,13-14,29H,3-6,9-11H2,1-2H3,(H,23,24,25);6,9,12-13,21,27H,2-5,7-8,10H2,1H3,(H,22,23,24);1H3;1H. The second kappa shape index (κ2) is 33.5. The highest BCUT2D eigenvalue weighted by atomic mass is 35.5. The maximum Gasteiger partial charge on any atom is 0.409 e. The lowest BCUT2D eigenvalue weighted by atomic mass is 9.92. The molecular formula is C60H79Cl2F7N18O11. The fourth-order valence-electron chi connectivity index (χ4n) is 10.8. The molecule has 0 unspecified atom stereocenters. The Balaban J connectivity index is 0.000000180. The molecule has 6 N–H and O–H groups in total. The van der Waals surface area contributed by atoms with Gasteiger partial charge in [0.2, 0.25) is 35.4 Å². The zero-order valence-electron chi connectivity index (χ0n) is 54.5. The number of aryl methyl sites for hydroxylation is 3. The maximum absolute atomic E-state index is 13.5. The van der Waals surface area contributed by atoms with Gasteiger partial charge in [0.1, 0.15) is 42.4 Å². The highest BCUT2D eigenvalue weighted by Gasteiger charge is 2.39. The predicted molar refractivity (Wildman–Crippen MR) is 340 cm³/mol. The lowest BCUT2D eigenvalue weighted by molar-refractivity contribution is -0.0366. The number of ether oxygens (including phenoxy) is 6. The third-order valence-corrected chi connectivity index (χ3v) is 16.8. The number of aliphatic hydroxyl groups is 2. The zero-order valence-corrected chi connectivity index (χ0v) is 56.1. The molecule has 3 aliphatic heterocycles. The molecule has 0 radical (unpaired) electrons. The largest absolute Gasteiger partial charge is 0.471 e. The van der Waals surface area contributed by atoms with Gasteiger partial charge in [0.15, 0.2) is 0 Å². The Morgan fingerprint density at radius 1 is 0.520 bits per heavy atom. The van der Waals surface area contributed by atoms with Crippen LogP contribution in [0.5, 0.6) is 17.6 Å². The number of carbonyl (C=O) groups excluding carboxylic acids is 3. The number of hydrogen-bond donors (Lipinski definition) is 6.